The second-order valence-electron chi connectivity index (χ2n) is 5.16. The van der Waals surface area contributed by atoms with E-state index in [2.05, 4.69) is 12.1 Å². The Kier molecular flexibility index (Phi) is 5.04. The van der Waals surface area contributed by atoms with Gasteiger partial charge in [-0.15, -0.1) is 11.8 Å². The van der Waals surface area contributed by atoms with E-state index in [1.165, 1.54) is 4.90 Å². The van der Waals surface area contributed by atoms with Crippen molar-refractivity contribution < 1.29 is 5.11 Å². The molecule has 96 valence electrons. The number of nitrogens with two attached hydrogens (primary N) is 1. The molecule has 0 saturated heterocycles. The Hall–Kier alpha value is -0.510. The maximum atomic E-state index is 10.2. The molecule has 1 aromatic rings. The summed E-state index contributed by atoms with van der Waals surface area (Å²) in [5.74, 6) is 0.958. The molecule has 17 heavy (non-hydrogen) atoms. The highest BCUT2D eigenvalue weighted by Crippen LogP contribution is 2.28. The van der Waals surface area contributed by atoms with Crippen LogP contribution in [0.2, 0.25) is 0 Å². The van der Waals surface area contributed by atoms with E-state index in [1.54, 1.807) is 11.8 Å². The molecule has 0 bridgehead atoms. The monoisotopic (exact) mass is 253 g/mol. The normalized spacial score (nSPS) is 16.9. The molecule has 2 nitrogen and oxygen atoms in total. The molecular formula is C14H23NOS. The van der Waals surface area contributed by atoms with Crippen LogP contribution in [-0.4, -0.2) is 16.5 Å². The van der Waals surface area contributed by atoms with Crippen molar-refractivity contribution in [1.82, 2.24) is 0 Å². The lowest BCUT2D eigenvalue weighted by Gasteiger charge is -2.27. The van der Waals surface area contributed by atoms with E-state index in [0.29, 0.717) is 5.75 Å². The fraction of sp³-hybridized carbons (Fsp3) is 0.571. The van der Waals surface area contributed by atoms with Gasteiger partial charge >= 0.3 is 0 Å². The molecule has 0 fully saturated rings. The third kappa shape index (κ3) is 4.34. The maximum absolute atomic E-state index is 10.2. The SMILES string of the molecule is CC(N)c1cccc(SCC(C)(O)C(C)C)c1. The van der Waals surface area contributed by atoms with Gasteiger partial charge in [0.1, 0.15) is 0 Å². The van der Waals surface area contributed by atoms with Crippen LogP contribution in [0, 0.1) is 5.92 Å². The smallest absolute Gasteiger partial charge is 0.0736 e. The van der Waals surface area contributed by atoms with E-state index < -0.39 is 5.60 Å². The molecular weight excluding hydrogens is 230 g/mol. The van der Waals surface area contributed by atoms with Crippen molar-refractivity contribution in [2.24, 2.45) is 11.7 Å². The molecule has 1 aromatic carbocycles. The number of benzene rings is 1. The summed E-state index contributed by atoms with van der Waals surface area (Å²) in [6.07, 6.45) is 0. The molecule has 3 heteroatoms. The van der Waals surface area contributed by atoms with Crippen molar-refractivity contribution in [3.63, 3.8) is 0 Å². The van der Waals surface area contributed by atoms with Crippen molar-refractivity contribution in [3.8, 4) is 0 Å². The first-order valence-corrected chi connectivity index (χ1v) is 7.02. The van der Waals surface area contributed by atoms with E-state index in [1.807, 2.05) is 39.8 Å². The minimum absolute atomic E-state index is 0.0566. The van der Waals surface area contributed by atoms with Crippen LogP contribution in [-0.2, 0) is 0 Å². The van der Waals surface area contributed by atoms with Gasteiger partial charge in [-0.3, -0.25) is 0 Å². The van der Waals surface area contributed by atoms with Gasteiger partial charge in [-0.25, -0.2) is 0 Å². The highest BCUT2D eigenvalue weighted by Gasteiger charge is 2.24. The van der Waals surface area contributed by atoms with E-state index in [0.717, 1.165) is 5.56 Å². The molecule has 2 unspecified atom stereocenters. The van der Waals surface area contributed by atoms with E-state index in [-0.39, 0.29) is 12.0 Å². The molecule has 0 saturated carbocycles. The van der Waals surface area contributed by atoms with Crippen molar-refractivity contribution in [3.05, 3.63) is 29.8 Å². The van der Waals surface area contributed by atoms with Crippen LogP contribution >= 0.6 is 11.8 Å². The van der Waals surface area contributed by atoms with Gasteiger partial charge in [0.25, 0.3) is 0 Å². The van der Waals surface area contributed by atoms with Gasteiger partial charge < -0.3 is 10.8 Å². The summed E-state index contributed by atoms with van der Waals surface area (Å²) < 4.78 is 0. The van der Waals surface area contributed by atoms with Crippen LogP contribution in [0.4, 0.5) is 0 Å². The number of aliphatic hydroxyl groups is 1. The molecule has 0 spiro atoms. The maximum Gasteiger partial charge on any atom is 0.0736 e. The Balaban J connectivity index is 2.67. The fourth-order valence-electron chi connectivity index (χ4n) is 1.28. The topological polar surface area (TPSA) is 46.2 Å². The van der Waals surface area contributed by atoms with E-state index >= 15 is 0 Å². The predicted octanol–water partition coefficient (Wildman–Crippen LogP) is 3.21. The van der Waals surface area contributed by atoms with Crippen LogP contribution < -0.4 is 5.73 Å². The van der Waals surface area contributed by atoms with Gasteiger partial charge in [-0.05, 0) is 37.5 Å². The summed E-state index contributed by atoms with van der Waals surface area (Å²) in [5.41, 5.74) is 6.36. The lowest BCUT2D eigenvalue weighted by atomic mass is 9.95. The number of thioether (sulfide) groups is 1. The van der Waals surface area contributed by atoms with Crippen LogP contribution in [0.15, 0.2) is 29.2 Å². The molecule has 2 atom stereocenters. The number of rotatable bonds is 5. The number of hydrogen-bond donors (Lipinski definition) is 2. The van der Waals surface area contributed by atoms with E-state index in [4.69, 9.17) is 5.73 Å². The molecule has 0 aromatic heterocycles. The summed E-state index contributed by atoms with van der Waals surface area (Å²) in [7, 11) is 0. The zero-order valence-corrected chi connectivity index (χ0v) is 11.9. The average molecular weight is 253 g/mol. The van der Waals surface area contributed by atoms with Gasteiger partial charge in [0, 0.05) is 16.7 Å². The van der Waals surface area contributed by atoms with Crippen molar-refractivity contribution >= 4 is 11.8 Å². The Morgan fingerprint density at radius 1 is 1.35 bits per heavy atom. The predicted molar refractivity (Wildman–Crippen MR) is 75.2 cm³/mol. The summed E-state index contributed by atoms with van der Waals surface area (Å²) in [4.78, 5) is 1.17. The van der Waals surface area contributed by atoms with Crippen LogP contribution in [0.25, 0.3) is 0 Å². The minimum Gasteiger partial charge on any atom is -0.389 e. The van der Waals surface area contributed by atoms with Crippen LogP contribution in [0.5, 0.6) is 0 Å². The summed E-state index contributed by atoms with van der Waals surface area (Å²) in [6.45, 7) is 7.95. The van der Waals surface area contributed by atoms with Gasteiger partial charge in [0.05, 0.1) is 5.60 Å². The highest BCUT2D eigenvalue weighted by molar-refractivity contribution is 7.99. The van der Waals surface area contributed by atoms with Crippen LogP contribution in [0.1, 0.15) is 39.3 Å². The molecule has 0 amide bonds. The standard InChI is InChI=1S/C14H23NOS/c1-10(2)14(4,16)9-17-13-7-5-6-12(8-13)11(3)15/h5-8,10-11,16H,9,15H2,1-4H3. The molecule has 1 rings (SSSR count). The molecule has 0 aliphatic rings. The second kappa shape index (κ2) is 5.89. The molecule has 0 aliphatic heterocycles. The molecule has 0 heterocycles. The molecule has 0 radical (unpaired) electrons. The Morgan fingerprint density at radius 2 is 2.00 bits per heavy atom. The number of hydrogen-bond acceptors (Lipinski definition) is 3. The Bertz CT molecular complexity index is 361. The van der Waals surface area contributed by atoms with Gasteiger partial charge in [-0.1, -0.05) is 26.0 Å². The largest absolute Gasteiger partial charge is 0.389 e. The zero-order valence-electron chi connectivity index (χ0n) is 11.1. The second-order valence-corrected chi connectivity index (χ2v) is 6.21. The molecule has 3 N–H and O–H groups in total. The average Bonchev–Trinajstić information content (AvgIpc) is 2.26. The van der Waals surface area contributed by atoms with Crippen molar-refractivity contribution in [1.29, 1.82) is 0 Å². The lowest BCUT2D eigenvalue weighted by molar-refractivity contribution is 0.0376. The quantitative estimate of drug-likeness (QED) is 0.792. The van der Waals surface area contributed by atoms with Crippen molar-refractivity contribution in [2.75, 3.05) is 5.75 Å². The summed E-state index contributed by atoms with van der Waals surface area (Å²) in [6, 6.07) is 8.28. The Labute approximate surface area is 109 Å². The lowest BCUT2D eigenvalue weighted by Crippen LogP contribution is -2.33. The van der Waals surface area contributed by atoms with Crippen molar-refractivity contribution in [2.45, 2.75) is 44.2 Å². The van der Waals surface area contributed by atoms with Crippen LogP contribution in [0.3, 0.4) is 0 Å². The first-order chi connectivity index (χ1) is 7.83. The first-order valence-electron chi connectivity index (χ1n) is 6.03. The van der Waals surface area contributed by atoms with Gasteiger partial charge in [0.2, 0.25) is 0 Å². The van der Waals surface area contributed by atoms with Gasteiger partial charge in [-0.2, -0.15) is 0 Å². The molecule has 0 aliphatic carbocycles. The fourth-order valence-corrected chi connectivity index (χ4v) is 2.47. The summed E-state index contributed by atoms with van der Waals surface area (Å²) >= 11 is 1.68. The zero-order chi connectivity index (χ0) is 13.1. The highest BCUT2D eigenvalue weighted by atomic mass is 32.2. The summed E-state index contributed by atoms with van der Waals surface area (Å²) in [5, 5.41) is 10.2. The third-order valence-electron chi connectivity index (χ3n) is 3.16. The Morgan fingerprint density at radius 3 is 2.53 bits per heavy atom. The van der Waals surface area contributed by atoms with E-state index in [9.17, 15) is 5.11 Å². The minimum atomic E-state index is -0.630. The first kappa shape index (κ1) is 14.6. The van der Waals surface area contributed by atoms with Gasteiger partial charge in [0.15, 0.2) is 0 Å². The third-order valence-corrected chi connectivity index (χ3v) is 4.47.